The van der Waals surface area contributed by atoms with Crippen molar-refractivity contribution in [3.05, 3.63) is 71.5 Å². The molecule has 2 aromatic rings. The predicted octanol–water partition coefficient (Wildman–Crippen LogP) is 3.25. The van der Waals surface area contributed by atoms with E-state index in [0.29, 0.717) is 6.61 Å². The lowest BCUT2D eigenvalue weighted by Crippen LogP contribution is -1.88. The molecule has 0 aliphatic rings. The van der Waals surface area contributed by atoms with Gasteiger partial charge in [-0.1, -0.05) is 47.6 Å². The lowest BCUT2D eigenvalue weighted by atomic mass is 10.2. The van der Waals surface area contributed by atoms with E-state index in [1.165, 1.54) is 12.1 Å². The summed E-state index contributed by atoms with van der Waals surface area (Å²) in [7, 11) is 0. The first-order chi connectivity index (χ1) is 8.34. The third-order valence-electron chi connectivity index (χ3n) is 2.16. The molecule has 0 heterocycles. The van der Waals surface area contributed by atoms with Crippen LogP contribution in [0.25, 0.3) is 0 Å². The predicted molar refractivity (Wildman–Crippen MR) is 64.2 cm³/mol. The molecular weight excluding hydrogens is 217 g/mol. The van der Waals surface area contributed by atoms with Crippen molar-refractivity contribution in [1.82, 2.24) is 0 Å². The molecule has 3 heteroatoms. The van der Waals surface area contributed by atoms with E-state index in [1.807, 2.05) is 30.3 Å². The van der Waals surface area contributed by atoms with E-state index in [4.69, 9.17) is 4.84 Å². The van der Waals surface area contributed by atoms with Crippen LogP contribution in [0.5, 0.6) is 0 Å². The van der Waals surface area contributed by atoms with Crippen LogP contribution in [0, 0.1) is 5.82 Å². The maximum Gasteiger partial charge on any atom is 0.142 e. The highest BCUT2D eigenvalue weighted by Gasteiger charge is 1.93. The second-order valence-electron chi connectivity index (χ2n) is 3.47. The van der Waals surface area contributed by atoms with Gasteiger partial charge < -0.3 is 4.84 Å². The monoisotopic (exact) mass is 228 g/mol. The van der Waals surface area contributed by atoms with Gasteiger partial charge in [-0.15, -0.1) is 0 Å². The third kappa shape index (κ3) is 3.72. The van der Waals surface area contributed by atoms with Crippen molar-refractivity contribution in [3.63, 3.8) is 0 Å². The van der Waals surface area contributed by atoms with Gasteiger partial charge in [-0.3, -0.25) is 0 Å². The van der Waals surface area contributed by atoms with Gasteiger partial charge in [0.15, 0.2) is 0 Å². The molecule has 2 nitrogen and oxygen atoms in total. The van der Waals surface area contributed by atoms with Crippen LogP contribution in [0.2, 0.25) is 0 Å². The minimum absolute atomic E-state index is 0.256. The van der Waals surface area contributed by atoms with Crippen molar-refractivity contribution < 1.29 is 9.23 Å². The average Bonchev–Trinajstić information content (AvgIpc) is 2.38. The first-order valence-electron chi connectivity index (χ1n) is 5.22. The van der Waals surface area contributed by atoms with Crippen molar-refractivity contribution in [3.8, 4) is 0 Å². The zero-order chi connectivity index (χ0) is 11.9. The van der Waals surface area contributed by atoms with Crippen LogP contribution in [-0.4, -0.2) is 6.21 Å². The Morgan fingerprint density at radius 1 is 1.00 bits per heavy atom. The fraction of sp³-hybridized carbons (Fsp3) is 0.0714. The molecule has 85 valence electrons. The van der Waals surface area contributed by atoms with E-state index in [-0.39, 0.29) is 5.82 Å². The Labute approximate surface area is 99.3 Å². The normalized spacial score (nSPS) is 10.6. The summed E-state index contributed by atoms with van der Waals surface area (Å²) < 4.78 is 12.6. The Hall–Kier alpha value is -2.16. The number of nitrogens with zero attached hydrogens (tertiary/aromatic N) is 1. The summed E-state index contributed by atoms with van der Waals surface area (Å²) in [5, 5.41) is 3.72. The maximum absolute atomic E-state index is 12.6. The van der Waals surface area contributed by atoms with Gasteiger partial charge in [0, 0.05) is 5.56 Å². The Balaban J connectivity index is 1.84. The minimum atomic E-state index is -0.256. The number of benzene rings is 2. The molecule has 0 bridgehead atoms. The smallest absolute Gasteiger partial charge is 0.142 e. The van der Waals surface area contributed by atoms with Gasteiger partial charge >= 0.3 is 0 Å². The summed E-state index contributed by atoms with van der Waals surface area (Å²) in [5.41, 5.74) is 1.72. The summed E-state index contributed by atoms with van der Waals surface area (Å²) in [5.74, 6) is -0.256. The van der Waals surface area contributed by atoms with Gasteiger partial charge in [0.25, 0.3) is 0 Å². The standard InChI is InChI=1S/C14H11FNO/c15-14-8-6-13(7-9-14)11-17-16-10-12-4-2-1-3-5-12/h1-9H,11H2. The Bertz CT molecular complexity index is 479. The molecule has 0 fully saturated rings. The van der Waals surface area contributed by atoms with E-state index in [1.54, 1.807) is 12.1 Å². The summed E-state index contributed by atoms with van der Waals surface area (Å²) in [6.45, 7) is 0.306. The van der Waals surface area contributed by atoms with Crippen molar-refractivity contribution in [2.45, 2.75) is 6.61 Å². The quantitative estimate of drug-likeness (QED) is 0.581. The number of hydrogen-bond acceptors (Lipinski definition) is 2. The lowest BCUT2D eigenvalue weighted by molar-refractivity contribution is 0.132. The van der Waals surface area contributed by atoms with Gasteiger partial charge in [-0.25, -0.2) is 4.39 Å². The third-order valence-corrected chi connectivity index (χ3v) is 2.16. The first-order valence-corrected chi connectivity index (χ1v) is 5.22. The highest BCUT2D eigenvalue weighted by molar-refractivity contribution is 5.78. The summed E-state index contributed by atoms with van der Waals surface area (Å²) in [6, 6.07) is 15.6. The largest absolute Gasteiger partial charge is 0.390 e. The number of rotatable bonds is 4. The molecule has 17 heavy (non-hydrogen) atoms. The van der Waals surface area contributed by atoms with Gasteiger partial charge in [-0.2, -0.15) is 0 Å². The molecule has 0 aliphatic heterocycles. The van der Waals surface area contributed by atoms with Crippen molar-refractivity contribution in [1.29, 1.82) is 0 Å². The summed E-state index contributed by atoms with van der Waals surface area (Å²) in [6.07, 6.45) is 2.75. The molecule has 2 rings (SSSR count). The SMILES string of the molecule is Fc1ccc(CO/N=[C]\c2ccccc2)cc1. The molecule has 0 N–H and O–H groups in total. The molecule has 0 spiro atoms. The van der Waals surface area contributed by atoms with E-state index in [2.05, 4.69) is 11.4 Å². The highest BCUT2D eigenvalue weighted by atomic mass is 19.1. The molecule has 0 saturated heterocycles. The topological polar surface area (TPSA) is 21.6 Å². The second-order valence-corrected chi connectivity index (χ2v) is 3.47. The van der Waals surface area contributed by atoms with E-state index in [9.17, 15) is 4.39 Å². The van der Waals surface area contributed by atoms with Crippen LogP contribution in [0.4, 0.5) is 4.39 Å². The van der Waals surface area contributed by atoms with E-state index >= 15 is 0 Å². The molecule has 0 unspecified atom stereocenters. The number of halogens is 1. The van der Waals surface area contributed by atoms with Gasteiger partial charge in [0.2, 0.25) is 0 Å². The van der Waals surface area contributed by atoms with Crippen LogP contribution in [-0.2, 0) is 11.4 Å². The molecule has 2 aromatic carbocycles. The fourth-order valence-corrected chi connectivity index (χ4v) is 1.29. The molecule has 0 saturated carbocycles. The van der Waals surface area contributed by atoms with Crippen molar-refractivity contribution in [2.24, 2.45) is 5.16 Å². The van der Waals surface area contributed by atoms with Crippen molar-refractivity contribution >= 4 is 6.21 Å². The first kappa shape index (κ1) is 11.3. The zero-order valence-corrected chi connectivity index (χ0v) is 9.14. The lowest BCUT2D eigenvalue weighted by Gasteiger charge is -1.98. The zero-order valence-electron chi connectivity index (χ0n) is 9.14. The van der Waals surface area contributed by atoms with Crippen molar-refractivity contribution in [2.75, 3.05) is 0 Å². The fourth-order valence-electron chi connectivity index (χ4n) is 1.29. The Morgan fingerprint density at radius 2 is 1.71 bits per heavy atom. The Morgan fingerprint density at radius 3 is 2.41 bits per heavy atom. The molecule has 1 radical (unpaired) electrons. The minimum Gasteiger partial charge on any atom is -0.390 e. The summed E-state index contributed by atoms with van der Waals surface area (Å²) >= 11 is 0. The van der Waals surface area contributed by atoms with E-state index < -0.39 is 0 Å². The Kier molecular flexibility index (Phi) is 3.86. The van der Waals surface area contributed by atoms with Crippen LogP contribution in [0.15, 0.2) is 59.8 Å². The number of hydrogen-bond donors (Lipinski definition) is 0. The van der Waals surface area contributed by atoms with Crippen LogP contribution in [0.3, 0.4) is 0 Å². The summed E-state index contributed by atoms with van der Waals surface area (Å²) in [4.78, 5) is 5.05. The van der Waals surface area contributed by atoms with Gasteiger partial charge in [0.05, 0.1) is 0 Å². The van der Waals surface area contributed by atoms with Crippen LogP contribution >= 0.6 is 0 Å². The highest BCUT2D eigenvalue weighted by Crippen LogP contribution is 2.04. The van der Waals surface area contributed by atoms with Gasteiger partial charge in [0.1, 0.15) is 18.6 Å². The molecule has 0 atom stereocenters. The maximum atomic E-state index is 12.6. The average molecular weight is 228 g/mol. The molecule has 0 aromatic heterocycles. The second kappa shape index (κ2) is 5.80. The van der Waals surface area contributed by atoms with Crippen LogP contribution in [0.1, 0.15) is 11.1 Å². The molecular formula is C14H11FNO. The molecule has 0 aliphatic carbocycles. The molecule has 0 amide bonds. The van der Waals surface area contributed by atoms with Gasteiger partial charge in [-0.05, 0) is 17.7 Å². The van der Waals surface area contributed by atoms with Crippen LogP contribution < -0.4 is 0 Å². The van der Waals surface area contributed by atoms with E-state index in [0.717, 1.165) is 11.1 Å².